The summed E-state index contributed by atoms with van der Waals surface area (Å²) >= 11 is 6.96. The van der Waals surface area contributed by atoms with E-state index in [9.17, 15) is 18.0 Å². The third-order valence-corrected chi connectivity index (χ3v) is 8.04. The molecule has 0 radical (unpaired) electrons. The molecule has 1 saturated heterocycles. The molecule has 1 aliphatic heterocycles. The summed E-state index contributed by atoms with van der Waals surface area (Å²) in [4.78, 5) is 27.5. The first-order chi connectivity index (χ1) is 14.2. The highest BCUT2D eigenvalue weighted by atomic mass is 35.5. The van der Waals surface area contributed by atoms with E-state index in [1.54, 1.807) is 12.1 Å². The molecule has 8 nitrogen and oxygen atoms in total. The first-order valence-electron chi connectivity index (χ1n) is 10.2. The van der Waals surface area contributed by atoms with Gasteiger partial charge in [0, 0.05) is 32.2 Å². The maximum atomic E-state index is 13.1. The summed E-state index contributed by atoms with van der Waals surface area (Å²) in [5.41, 5.74) is 0. The van der Waals surface area contributed by atoms with E-state index in [1.807, 2.05) is 6.92 Å². The van der Waals surface area contributed by atoms with Gasteiger partial charge in [-0.15, -0.1) is 11.3 Å². The first-order valence-corrected chi connectivity index (χ1v) is 13.0. The minimum absolute atomic E-state index is 0.0842. The van der Waals surface area contributed by atoms with E-state index < -0.39 is 16.1 Å². The van der Waals surface area contributed by atoms with Gasteiger partial charge >= 0.3 is 6.03 Å². The maximum absolute atomic E-state index is 13.1. The van der Waals surface area contributed by atoms with Crippen LogP contribution < -0.4 is 10.6 Å². The summed E-state index contributed by atoms with van der Waals surface area (Å²) in [6.07, 6.45) is 1.90. The molecule has 170 valence electrons. The van der Waals surface area contributed by atoms with E-state index in [2.05, 4.69) is 29.4 Å². The Morgan fingerprint density at radius 2 is 1.90 bits per heavy atom. The Kier molecular flexibility index (Phi) is 9.39. The number of hydrogen-bond acceptors (Lipinski definition) is 6. The number of likely N-dealkylation sites (tertiary alicyclic amines) is 1. The lowest BCUT2D eigenvalue weighted by Gasteiger charge is -2.39. The van der Waals surface area contributed by atoms with E-state index in [0.29, 0.717) is 41.1 Å². The monoisotopic (exact) mass is 478 g/mol. The molecule has 0 spiro atoms. The number of urea groups is 1. The minimum Gasteiger partial charge on any atom is -0.350 e. The van der Waals surface area contributed by atoms with Crippen LogP contribution in [0.1, 0.15) is 49.7 Å². The Morgan fingerprint density at radius 1 is 1.23 bits per heavy atom. The van der Waals surface area contributed by atoms with Crippen molar-refractivity contribution in [2.75, 3.05) is 31.9 Å². The molecule has 0 aliphatic carbocycles. The molecule has 0 unspecified atom stereocenters. The number of sulfonamides is 1. The minimum atomic E-state index is -3.90. The Bertz CT molecular complexity index is 820. The first kappa shape index (κ1) is 24.9. The van der Waals surface area contributed by atoms with Gasteiger partial charge in [-0.3, -0.25) is 4.79 Å². The second-order valence-electron chi connectivity index (χ2n) is 7.56. The number of amides is 3. The zero-order valence-electron chi connectivity index (χ0n) is 17.7. The summed E-state index contributed by atoms with van der Waals surface area (Å²) in [5.74, 6) is -0.726. The van der Waals surface area contributed by atoms with Crippen molar-refractivity contribution in [3.63, 3.8) is 0 Å². The second kappa shape index (κ2) is 11.3. The van der Waals surface area contributed by atoms with Crippen molar-refractivity contribution in [2.45, 2.75) is 52.1 Å². The standard InChI is InChI=1S/C19H31ClN4O4S2/c1-4-9-22-19(26)24(15-7-11-23(12-8-15)14(2)3)30(27,28)13-10-21-18(25)16-5-6-17(20)29-16/h5-6,14-15H,4,7-13H2,1-3H3,(H,21,25)(H,22,26). The van der Waals surface area contributed by atoms with Gasteiger partial charge in [-0.05, 0) is 45.2 Å². The van der Waals surface area contributed by atoms with Gasteiger partial charge in [0.2, 0.25) is 10.0 Å². The van der Waals surface area contributed by atoms with Gasteiger partial charge in [0.1, 0.15) is 0 Å². The fraction of sp³-hybridized carbons (Fsp3) is 0.684. The molecule has 2 rings (SSSR count). The molecule has 2 N–H and O–H groups in total. The third kappa shape index (κ3) is 6.83. The Labute approximate surface area is 188 Å². The second-order valence-corrected chi connectivity index (χ2v) is 11.2. The molecular weight excluding hydrogens is 448 g/mol. The van der Waals surface area contributed by atoms with Gasteiger partial charge in [0.05, 0.1) is 21.0 Å². The van der Waals surface area contributed by atoms with Crippen molar-refractivity contribution in [2.24, 2.45) is 0 Å². The summed E-state index contributed by atoms with van der Waals surface area (Å²) < 4.78 is 27.6. The van der Waals surface area contributed by atoms with E-state index in [1.165, 1.54) is 0 Å². The van der Waals surface area contributed by atoms with Crippen molar-refractivity contribution < 1.29 is 18.0 Å². The Hall–Kier alpha value is -1.36. The fourth-order valence-electron chi connectivity index (χ4n) is 3.38. The molecule has 1 aliphatic rings. The zero-order chi connectivity index (χ0) is 22.3. The van der Waals surface area contributed by atoms with Crippen LogP contribution >= 0.6 is 22.9 Å². The van der Waals surface area contributed by atoms with Crippen LogP contribution in [0.2, 0.25) is 4.34 Å². The predicted molar refractivity (Wildman–Crippen MR) is 121 cm³/mol. The van der Waals surface area contributed by atoms with Gasteiger partial charge in [0.15, 0.2) is 0 Å². The fourth-order valence-corrected chi connectivity index (χ4v) is 5.88. The maximum Gasteiger partial charge on any atom is 0.331 e. The molecule has 30 heavy (non-hydrogen) atoms. The predicted octanol–water partition coefficient (Wildman–Crippen LogP) is 2.76. The molecule has 3 amide bonds. The molecule has 0 saturated carbocycles. The zero-order valence-corrected chi connectivity index (χ0v) is 20.1. The van der Waals surface area contributed by atoms with Crippen LogP contribution in [0.25, 0.3) is 0 Å². The van der Waals surface area contributed by atoms with E-state index in [0.717, 1.165) is 28.7 Å². The molecule has 2 heterocycles. The highest BCUT2D eigenvalue weighted by Crippen LogP contribution is 2.22. The van der Waals surface area contributed by atoms with Crippen LogP contribution in [-0.2, 0) is 10.0 Å². The lowest BCUT2D eigenvalue weighted by atomic mass is 10.0. The number of nitrogens with zero attached hydrogens (tertiary/aromatic N) is 2. The molecule has 0 aromatic carbocycles. The van der Waals surface area contributed by atoms with Gasteiger partial charge in [-0.1, -0.05) is 18.5 Å². The van der Waals surface area contributed by atoms with Gasteiger partial charge in [-0.25, -0.2) is 17.5 Å². The number of rotatable bonds is 9. The summed E-state index contributed by atoms with van der Waals surface area (Å²) in [6.45, 7) is 7.92. The van der Waals surface area contributed by atoms with Crippen molar-refractivity contribution >= 4 is 44.9 Å². The van der Waals surface area contributed by atoms with Crippen molar-refractivity contribution in [3.8, 4) is 0 Å². The topological polar surface area (TPSA) is 98.8 Å². The summed E-state index contributed by atoms with van der Waals surface area (Å²) in [7, 11) is -3.90. The third-order valence-electron chi connectivity index (χ3n) is 5.03. The van der Waals surface area contributed by atoms with E-state index in [4.69, 9.17) is 11.6 Å². The molecule has 1 fully saturated rings. The average molecular weight is 479 g/mol. The molecule has 1 aromatic heterocycles. The number of hydrogen-bond donors (Lipinski definition) is 2. The number of thiophene rings is 1. The SMILES string of the molecule is CCCNC(=O)N(C1CCN(C(C)C)CC1)S(=O)(=O)CCNC(=O)c1ccc(Cl)s1. The largest absolute Gasteiger partial charge is 0.350 e. The smallest absolute Gasteiger partial charge is 0.331 e. The van der Waals surface area contributed by atoms with E-state index in [-0.39, 0.29) is 24.2 Å². The van der Waals surface area contributed by atoms with Crippen LogP contribution in [0.15, 0.2) is 12.1 Å². The highest BCUT2D eigenvalue weighted by molar-refractivity contribution is 7.89. The molecule has 11 heteroatoms. The number of carbonyl (C=O) groups is 2. The molecular formula is C19H31ClN4O4S2. The number of piperidine rings is 1. The lowest BCUT2D eigenvalue weighted by molar-refractivity contribution is 0.0960. The molecule has 1 aromatic rings. The van der Waals surface area contributed by atoms with Gasteiger partial charge in [-0.2, -0.15) is 0 Å². The Morgan fingerprint density at radius 3 is 2.43 bits per heavy atom. The van der Waals surface area contributed by atoms with Crippen LogP contribution in [0, 0.1) is 0 Å². The Balaban J connectivity index is 2.03. The molecule has 0 bridgehead atoms. The van der Waals surface area contributed by atoms with Gasteiger partial charge < -0.3 is 15.5 Å². The quantitative estimate of drug-likeness (QED) is 0.568. The van der Waals surface area contributed by atoms with Crippen LogP contribution in [-0.4, -0.2) is 73.6 Å². The number of nitrogens with one attached hydrogen (secondary N) is 2. The van der Waals surface area contributed by atoms with Crippen LogP contribution in [0.4, 0.5) is 4.79 Å². The van der Waals surface area contributed by atoms with Crippen LogP contribution in [0.3, 0.4) is 0 Å². The summed E-state index contributed by atoms with van der Waals surface area (Å²) in [6, 6.07) is 2.61. The van der Waals surface area contributed by atoms with Crippen LogP contribution in [0.5, 0.6) is 0 Å². The van der Waals surface area contributed by atoms with Crippen molar-refractivity contribution in [1.29, 1.82) is 0 Å². The molecule has 0 atom stereocenters. The normalized spacial score (nSPS) is 15.9. The van der Waals surface area contributed by atoms with E-state index >= 15 is 0 Å². The van der Waals surface area contributed by atoms with Gasteiger partial charge in [0.25, 0.3) is 5.91 Å². The van der Waals surface area contributed by atoms with Crippen molar-refractivity contribution in [1.82, 2.24) is 19.8 Å². The lowest BCUT2D eigenvalue weighted by Crippen LogP contribution is -2.55. The average Bonchev–Trinajstić information content (AvgIpc) is 3.13. The van der Waals surface area contributed by atoms with Crippen molar-refractivity contribution in [3.05, 3.63) is 21.3 Å². The number of carbonyl (C=O) groups excluding carboxylic acids is 2. The number of halogens is 1. The summed E-state index contributed by atoms with van der Waals surface area (Å²) in [5, 5.41) is 5.29. The highest BCUT2D eigenvalue weighted by Gasteiger charge is 2.36.